The van der Waals surface area contributed by atoms with Crippen molar-refractivity contribution in [2.24, 2.45) is 0 Å². The van der Waals surface area contributed by atoms with Crippen molar-refractivity contribution in [3.8, 4) is 0 Å². The molecule has 0 N–H and O–H groups in total. The first kappa shape index (κ1) is 24.1. The molecule has 178 valence electrons. The number of amides is 1. The number of aromatic nitrogens is 1. The number of hydrogen-bond donors (Lipinski definition) is 0. The molecule has 4 rings (SSSR count). The Morgan fingerprint density at radius 2 is 1.88 bits per heavy atom. The van der Waals surface area contributed by atoms with E-state index in [4.69, 9.17) is 11.6 Å². The van der Waals surface area contributed by atoms with Gasteiger partial charge in [0.25, 0.3) is 0 Å². The van der Waals surface area contributed by atoms with Crippen LogP contribution in [0.5, 0.6) is 0 Å². The number of halogens is 3. The summed E-state index contributed by atoms with van der Waals surface area (Å²) in [6, 6.07) is 10.9. The van der Waals surface area contributed by atoms with Gasteiger partial charge >= 0.3 is 0 Å². The summed E-state index contributed by atoms with van der Waals surface area (Å²) >= 11 is 5.81. The highest BCUT2D eigenvalue weighted by molar-refractivity contribution is 6.30. The lowest BCUT2D eigenvalue weighted by Crippen LogP contribution is -2.42. The van der Waals surface area contributed by atoms with Crippen molar-refractivity contribution in [3.63, 3.8) is 0 Å². The molecule has 0 radical (unpaired) electrons. The maximum absolute atomic E-state index is 14.9. The molecule has 1 aliphatic rings. The van der Waals surface area contributed by atoms with E-state index in [2.05, 4.69) is 0 Å². The number of benzene rings is 2. The lowest BCUT2D eigenvalue weighted by Gasteiger charge is -2.24. The summed E-state index contributed by atoms with van der Waals surface area (Å²) in [4.78, 5) is 39.6. The number of Topliss-reactive ketones (excluding diaryl/α,β-unsaturated/α-hetero) is 2. The van der Waals surface area contributed by atoms with E-state index in [1.165, 1.54) is 24.8 Å². The van der Waals surface area contributed by atoms with Crippen molar-refractivity contribution in [2.45, 2.75) is 51.4 Å². The molecule has 1 saturated heterocycles. The second kappa shape index (κ2) is 9.29. The first-order valence-corrected chi connectivity index (χ1v) is 11.5. The normalized spacial score (nSPS) is 20.1. The Morgan fingerprint density at radius 1 is 1.15 bits per heavy atom. The molecule has 2 aromatic carbocycles. The highest BCUT2D eigenvalue weighted by Crippen LogP contribution is 2.32. The molecule has 1 aliphatic heterocycles. The summed E-state index contributed by atoms with van der Waals surface area (Å²) in [7, 11) is 0. The number of fused-ring (bicyclic) bond motifs is 1. The molecule has 0 unspecified atom stereocenters. The van der Waals surface area contributed by atoms with Crippen molar-refractivity contribution in [1.29, 1.82) is 0 Å². The molecule has 1 fully saturated rings. The number of rotatable bonds is 7. The summed E-state index contributed by atoms with van der Waals surface area (Å²) in [5.74, 6) is -1.44. The quantitative estimate of drug-likeness (QED) is 0.433. The van der Waals surface area contributed by atoms with Gasteiger partial charge in [0.2, 0.25) is 5.91 Å². The molecular formula is C26H25ClF2N2O3. The maximum atomic E-state index is 14.9. The summed E-state index contributed by atoms with van der Waals surface area (Å²) in [5.41, 5.74) is -0.199. The van der Waals surface area contributed by atoms with Crippen molar-refractivity contribution >= 4 is 40.0 Å². The molecule has 8 heteroatoms. The van der Waals surface area contributed by atoms with Gasteiger partial charge in [0.15, 0.2) is 11.6 Å². The molecule has 0 aliphatic carbocycles. The Hall–Kier alpha value is -3.06. The predicted molar refractivity (Wildman–Crippen MR) is 126 cm³/mol. The Kier molecular flexibility index (Phi) is 6.58. The molecule has 0 saturated carbocycles. The fourth-order valence-electron chi connectivity index (χ4n) is 4.65. The van der Waals surface area contributed by atoms with Gasteiger partial charge in [-0.05, 0) is 38.0 Å². The van der Waals surface area contributed by atoms with Crippen LogP contribution in [0.1, 0.15) is 42.6 Å². The highest BCUT2D eigenvalue weighted by atomic mass is 35.5. The monoisotopic (exact) mass is 486 g/mol. The summed E-state index contributed by atoms with van der Waals surface area (Å²) in [6.45, 7) is 2.50. The van der Waals surface area contributed by atoms with Gasteiger partial charge in [0.05, 0.1) is 17.6 Å². The van der Waals surface area contributed by atoms with Crippen molar-refractivity contribution < 1.29 is 23.2 Å². The maximum Gasteiger partial charge on any atom is 0.243 e. The van der Waals surface area contributed by atoms with Gasteiger partial charge in [-0.3, -0.25) is 14.4 Å². The van der Waals surface area contributed by atoms with Gasteiger partial charge in [0.1, 0.15) is 18.0 Å². The number of hydrogen-bond acceptors (Lipinski definition) is 3. The van der Waals surface area contributed by atoms with E-state index in [0.717, 1.165) is 5.39 Å². The number of ketones is 2. The second-order valence-electron chi connectivity index (χ2n) is 9.08. The minimum atomic E-state index is -1.71. The van der Waals surface area contributed by atoms with Gasteiger partial charge < -0.3 is 9.47 Å². The zero-order valence-electron chi connectivity index (χ0n) is 19.0. The number of likely N-dealkylation sites (tertiary alicyclic amines) is 1. The number of nitrogens with zero attached hydrogens (tertiary/aromatic N) is 2. The molecule has 5 nitrogen and oxygen atoms in total. The molecule has 3 aromatic rings. The Morgan fingerprint density at radius 3 is 2.62 bits per heavy atom. The van der Waals surface area contributed by atoms with E-state index >= 15 is 0 Å². The number of aryl methyl sites for hydroxylation is 1. The number of para-hydroxylation sites is 1. The fourth-order valence-corrected chi connectivity index (χ4v) is 4.85. The van der Waals surface area contributed by atoms with Gasteiger partial charge in [-0.15, -0.1) is 0 Å². The van der Waals surface area contributed by atoms with E-state index in [-0.39, 0.29) is 48.9 Å². The van der Waals surface area contributed by atoms with Crippen LogP contribution >= 0.6 is 11.6 Å². The van der Waals surface area contributed by atoms with E-state index in [1.54, 1.807) is 29.0 Å². The summed E-state index contributed by atoms with van der Waals surface area (Å²) in [5, 5.41) is 0.707. The molecule has 34 heavy (non-hydrogen) atoms. The van der Waals surface area contributed by atoms with E-state index < -0.39 is 23.4 Å². The standard InChI is InChI=1S/C26H25ClF2N2O3/c1-16(32)19-13-30(21-9-4-3-7-18(19)21)14-24(34)31-15-26(2,29)12-22(31)23(33)11-10-17-6-5-8-20(27)25(17)28/h3-9,13,22H,10-12,14-15H2,1-2H3/t22-,26+/m0/s1. The van der Waals surface area contributed by atoms with Crippen LogP contribution in [0.15, 0.2) is 48.7 Å². The lowest BCUT2D eigenvalue weighted by molar-refractivity contribution is -0.138. The zero-order valence-corrected chi connectivity index (χ0v) is 19.7. The molecule has 2 heterocycles. The Labute approximate surface area is 201 Å². The first-order chi connectivity index (χ1) is 16.1. The largest absolute Gasteiger partial charge is 0.337 e. The molecule has 1 aromatic heterocycles. The van der Waals surface area contributed by atoms with E-state index in [0.29, 0.717) is 16.6 Å². The van der Waals surface area contributed by atoms with Crippen LogP contribution in [0.25, 0.3) is 10.9 Å². The minimum Gasteiger partial charge on any atom is -0.337 e. The molecule has 1 amide bonds. The Bertz CT molecular complexity index is 1280. The third kappa shape index (κ3) is 4.75. The van der Waals surface area contributed by atoms with Crippen LogP contribution in [-0.4, -0.2) is 45.2 Å². The van der Waals surface area contributed by atoms with Crippen LogP contribution in [0.3, 0.4) is 0 Å². The average Bonchev–Trinajstić information content (AvgIpc) is 3.32. The Balaban J connectivity index is 1.53. The van der Waals surface area contributed by atoms with Gasteiger partial charge in [0, 0.05) is 35.5 Å². The molecular weight excluding hydrogens is 462 g/mol. The van der Waals surface area contributed by atoms with Gasteiger partial charge in [-0.1, -0.05) is 41.9 Å². The van der Waals surface area contributed by atoms with Crippen LogP contribution in [0.2, 0.25) is 5.02 Å². The predicted octanol–water partition coefficient (Wildman–Crippen LogP) is 5.17. The smallest absolute Gasteiger partial charge is 0.243 e. The van der Waals surface area contributed by atoms with Crippen LogP contribution in [-0.2, 0) is 22.6 Å². The van der Waals surface area contributed by atoms with Crippen molar-refractivity contribution in [3.05, 3.63) is 70.6 Å². The fraction of sp³-hybridized carbons (Fsp3) is 0.346. The minimum absolute atomic E-state index is 0.0252. The van der Waals surface area contributed by atoms with Crippen LogP contribution in [0.4, 0.5) is 8.78 Å². The molecule has 0 spiro atoms. The van der Waals surface area contributed by atoms with Crippen molar-refractivity contribution in [2.75, 3.05) is 6.54 Å². The third-order valence-corrected chi connectivity index (χ3v) is 6.62. The number of alkyl halides is 1. The molecule has 0 bridgehead atoms. The van der Waals surface area contributed by atoms with E-state index in [9.17, 15) is 23.2 Å². The number of carbonyl (C=O) groups excluding carboxylic acids is 3. The average molecular weight is 487 g/mol. The zero-order chi connectivity index (χ0) is 24.6. The summed E-state index contributed by atoms with van der Waals surface area (Å²) in [6.07, 6.45) is 1.58. The highest BCUT2D eigenvalue weighted by Gasteiger charge is 2.46. The summed E-state index contributed by atoms with van der Waals surface area (Å²) < 4.78 is 30.8. The van der Waals surface area contributed by atoms with Crippen LogP contribution in [0, 0.1) is 5.82 Å². The SMILES string of the molecule is CC(=O)c1cn(CC(=O)N2C[C@](C)(F)C[C@H]2C(=O)CCc2cccc(Cl)c2F)c2ccccc12. The van der Waals surface area contributed by atoms with Crippen LogP contribution < -0.4 is 0 Å². The number of carbonyl (C=O) groups is 3. The van der Waals surface area contributed by atoms with E-state index in [1.807, 2.05) is 18.2 Å². The van der Waals surface area contributed by atoms with Crippen molar-refractivity contribution in [1.82, 2.24) is 9.47 Å². The van der Waals surface area contributed by atoms with Gasteiger partial charge in [-0.25, -0.2) is 8.78 Å². The second-order valence-corrected chi connectivity index (χ2v) is 9.49. The molecule has 2 atom stereocenters. The topological polar surface area (TPSA) is 59.4 Å². The first-order valence-electron chi connectivity index (χ1n) is 11.1. The van der Waals surface area contributed by atoms with Gasteiger partial charge in [-0.2, -0.15) is 0 Å². The third-order valence-electron chi connectivity index (χ3n) is 6.33. The lowest BCUT2D eigenvalue weighted by atomic mass is 9.98.